The van der Waals surface area contributed by atoms with Crippen molar-refractivity contribution in [2.24, 2.45) is 0 Å². The van der Waals surface area contributed by atoms with Crippen molar-refractivity contribution >= 4 is 18.2 Å². The molecule has 86 valence electrons. The van der Waals surface area contributed by atoms with Crippen LogP contribution in [0.5, 0.6) is 5.88 Å². The molecule has 0 saturated heterocycles. The first-order valence-corrected chi connectivity index (χ1v) is 4.22. The number of aromatic nitrogens is 3. The summed E-state index contributed by atoms with van der Waals surface area (Å²) < 4.78 is 18.2. The Balaban J connectivity index is 0.00000128. The molecule has 0 aliphatic rings. The molecule has 0 aliphatic carbocycles. The van der Waals surface area contributed by atoms with Crippen LogP contribution in [0.1, 0.15) is 0 Å². The molecular weight excluding hydrogens is 235 g/mol. The monoisotopic (exact) mass is 244 g/mol. The lowest BCUT2D eigenvalue weighted by atomic mass is 10.2. The van der Waals surface area contributed by atoms with Crippen molar-refractivity contribution in [3.8, 4) is 17.1 Å². The molecule has 0 radical (unpaired) electrons. The predicted octanol–water partition coefficient (Wildman–Crippen LogP) is 1.62. The Kier molecular flexibility index (Phi) is 3.68. The molecule has 0 unspecified atom stereocenters. The van der Waals surface area contributed by atoms with Gasteiger partial charge in [0, 0.05) is 17.8 Å². The zero-order valence-electron chi connectivity index (χ0n) is 8.40. The molecule has 0 atom stereocenters. The topological polar surface area (TPSA) is 76.8 Å². The molecule has 0 amide bonds. The number of aromatic amines is 1. The van der Waals surface area contributed by atoms with Gasteiger partial charge in [0.25, 0.3) is 0 Å². The van der Waals surface area contributed by atoms with E-state index in [4.69, 9.17) is 10.5 Å². The number of halogens is 2. The molecule has 0 fully saturated rings. The molecule has 2 rings (SSSR count). The van der Waals surface area contributed by atoms with Crippen LogP contribution in [0.25, 0.3) is 11.3 Å². The fraction of sp³-hybridized carbons (Fsp3) is 0.111. The number of ether oxygens (including phenoxy) is 1. The van der Waals surface area contributed by atoms with Crippen LogP contribution in [0.3, 0.4) is 0 Å². The van der Waals surface area contributed by atoms with E-state index in [1.165, 1.54) is 13.3 Å². The summed E-state index contributed by atoms with van der Waals surface area (Å²) in [5, 5.41) is 6.05. The molecule has 0 saturated carbocycles. The van der Waals surface area contributed by atoms with Crippen molar-refractivity contribution in [2.75, 3.05) is 12.8 Å². The first kappa shape index (κ1) is 12.3. The normalized spacial score (nSPS) is 9.62. The van der Waals surface area contributed by atoms with E-state index in [0.717, 1.165) is 0 Å². The number of H-pyrrole nitrogens is 1. The molecular formula is C9H10ClFN4O. The molecule has 2 aromatic heterocycles. The second-order valence-electron chi connectivity index (χ2n) is 2.89. The minimum absolute atomic E-state index is 0. The van der Waals surface area contributed by atoms with Crippen molar-refractivity contribution < 1.29 is 9.13 Å². The van der Waals surface area contributed by atoms with Gasteiger partial charge in [0.1, 0.15) is 5.69 Å². The second kappa shape index (κ2) is 4.80. The summed E-state index contributed by atoms with van der Waals surface area (Å²) in [6.45, 7) is 0. The number of nitrogens with one attached hydrogen (secondary N) is 1. The zero-order chi connectivity index (χ0) is 10.8. The van der Waals surface area contributed by atoms with Gasteiger partial charge in [0.05, 0.1) is 7.11 Å². The Morgan fingerprint density at radius 1 is 1.44 bits per heavy atom. The van der Waals surface area contributed by atoms with E-state index >= 15 is 0 Å². The van der Waals surface area contributed by atoms with E-state index in [9.17, 15) is 4.39 Å². The summed E-state index contributed by atoms with van der Waals surface area (Å²) in [4.78, 5) is 3.95. The average molecular weight is 245 g/mol. The van der Waals surface area contributed by atoms with E-state index in [1.54, 1.807) is 12.1 Å². The molecule has 16 heavy (non-hydrogen) atoms. The smallest absolute Gasteiger partial charge is 0.212 e. The van der Waals surface area contributed by atoms with Crippen molar-refractivity contribution in [3.63, 3.8) is 0 Å². The highest BCUT2D eigenvalue weighted by atomic mass is 35.5. The van der Waals surface area contributed by atoms with Crippen LogP contribution in [0.15, 0.2) is 18.3 Å². The van der Waals surface area contributed by atoms with Crippen molar-refractivity contribution in [1.29, 1.82) is 0 Å². The molecule has 0 spiro atoms. The number of hydrogen-bond acceptors (Lipinski definition) is 4. The maximum Gasteiger partial charge on any atom is 0.212 e. The number of nitrogen functional groups attached to an aromatic ring is 1. The molecule has 0 bridgehead atoms. The highest BCUT2D eigenvalue weighted by molar-refractivity contribution is 5.85. The first-order valence-electron chi connectivity index (χ1n) is 4.22. The highest BCUT2D eigenvalue weighted by Crippen LogP contribution is 2.23. The summed E-state index contributed by atoms with van der Waals surface area (Å²) >= 11 is 0. The largest absolute Gasteiger partial charge is 0.481 e. The second-order valence-corrected chi connectivity index (χ2v) is 2.89. The first-order chi connectivity index (χ1) is 7.22. The number of rotatable bonds is 2. The van der Waals surface area contributed by atoms with Crippen LogP contribution in [0, 0.1) is 5.82 Å². The number of hydrogen-bond donors (Lipinski definition) is 2. The van der Waals surface area contributed by atoms with E-state index in [1.807, 2.05) is 0 Å². The Morgan fingerprint density at radius 3 is 2.62 bits per heavy atom. The Morgan fingerprint density at radius 2 is 2.19 bits per heavy atom. The molecule has 7 heteroatoms. The summed E-state index contributed by atoms with van der Waals surface area (Å²) in [6.07, 6.45) is 1.48. The highest BCUT2D eigenvalue weighted by Gasteiger charge is 2.12. The summed E-state index contributed by atoms with van der Waals surface area (Å²) in [5.41, 5.74) is 6.06. The number of nitrogens with two attached hydrogens (primary N) is 1. The Bertz CT molecular complexity index is 471. The number of pyridine rings is 1. The lowest BCUT2D eigenvalue weighted by molar-refractivity contribution is 0.398. The predicted molar refractivity (Wildman–Crippen MR) is 60.0 cm³/mol. The van der Waals surface area contributed by atoms with E-state index < -0.39 is 5.82 Å². The van der Waals surface area contributed by atoms with Crippen LogP contribution in [-0.4, -0.2) is 22.3 Å². The van der Waals surface area contributed by atoms with Gasteiger partial charge in [0.15, 0.2) is 11.6 Å². The summed E-state index contributed by atoms with van der Waals surface area (Å²) in [5.74, 6) is -0.255. The Labute approximate surface area is 97.2 Å². The van der Waals surface area contributed by atoms with Gasteiger partial charge in [-0.1, -0.05) is 0 Å². The molecule has 0 aromatic carbocycles. The minimum Gasteiger partial charge on any atom is -0.481 e. The minimum atomic E-state index is -0.568. The lowest BCUT2D eigenvalue weighted by Crippen LogP contribution is -1.89. The van der Waals surface area contributed by atoms with Gasteiger partial charge < -0.3 is 10.5 Å². The molecule has 2 heterocycles. The SMILES string of the molecule is COc1ccc(-c2[nH]nc(N)c2F)cn1.Cl. The maximum absolute atomic E-state index is 13.4. The molecule has 3 N–H and O–H groups in total. The van der Waals surface area contributed by atoms with Crippen molar-refractivity contribution in [1.82, 2.24) is 15.2 Å². The van der Waals surface area contributed by atoms with Gasteiger partial charge in [-0.05, 0) is 6.07 Å². The number of anilines is 1. The van der Waals surface area contributed by atoms with Crippen LogP contribution in [0.4, 0.5) is 10.2 Å². The third kappa shape index (κ3) is 2.06. The van der Waals surface area contributed by atoms with Gasteiger partial charge in [-0.3, -0.25) is 5.10 Å². The van der Waals surface area contributed by atoms with E-state index in [-0.39, 0.29) is 23.9 Å². The zero-order valence-corrected chi connectivity index (χ0v) is 9.21. The average Bonchev–Trinajstić information content (AvgIpc) is 2.60. The van der Waals surface area contributed by atoms with Crippen LogP contribution in [-0.2, 0) is 0 Å². The van der Waals surface area contributed by atoms with Gasteiger partial charge in [-0.2, -0.15) is 5.10 Å². The van der Waals surface area contributed by atoms with Gasteiger partial charge in [-0.15, -0.1) is 12.4 Å². The fourth-order valence-electron chi connectivity index (χ4n) is 1.18. The fourth-order valence-corrected chi connectivity index (χ4v) is 1.18. The van der Waals surface area contributed by atoms with Crippen molar-refractivity contribution in [2.45, 2.75) is 0 Å². The molecule has 2 aromatic rings. The summed E-state index contributed by atoms with van der Waals surface area (Å²) in [7, 11) is 1.51. The Hall–Kier alpha value is -1.82. The van der Waals surface area contributed by atoms with Gasteiger partial charge in [0.2, 0.25) is 5.88 Å². The van der Waals surface area contributed by atoms with Crippen LogP contribution >= 0.6 is 12.4 Å². The quantitative estimate of drug-likeness (QED) is 0.842. The maximum atomic E-state index is 13.4. The number of nitrogens with zero attached hydrogens (tertiary/aromatic N) is 2. The van der Waals surface area contributed by atoms with E-state index in [2.05, 4.69) is 15.2 Å². The van der Waals surface area contributed by atoms with Crippen molar-refractivity contribution in [3.05, 3.63) is 24.1 Å². The standard InChI is InChI=1S/C9H9FN4O.ClH/c1-15-6-3-2-5(4-12-6)8-7(10)9(11)14-13-8;/h2-4H,1H3,(H3,11,13,14);1H. The third-order valence-corrected chi connectivity index (χ3v) is 1.97. The third-order valence-electron chi connectivity index (χ3n) is 1.97. The van der Waals surface area contributed by atoms with Crippen LogP contribution in [0.2, 0.25) is 0 Å². The van der Waals surface area contributed by atoms with E-state index in [0.29, 0.717) is 11.4 Å². The van der Waals surface area contributed by atoms with Gasteiger partial charge >= 0.3 is 0 Å². The van der Waals surface area contributed by atoms with Gasteiger partial charge in [-0.25, -0.2) is 9.37 Å². The number of methoxy groups -OCH3 is 1. The molecule has 0 aliphatic heterocycles. The molecule has 5 nitrogen and oxygen atoms in total. The summed E-state index contributed by atoms with van der Waals surface area (Å²) in [6, 6.07) is 3.30. The van der Waals surface area contributed by atoms with Crippen LogP contribution < -0.4 is 10.5 Å². The lowest BCUT2D eigenvalue weighted by Gasteiger charge is -1.99.